The summed E-state index contributed by atoms with van der Waals surface area (Å²) in [5.41, 5.74) is 2.21. The predicted octanol–water partition coefficient (Wildman–Crippen LogP) is 2.43. The van der Waals surface area contributed by atoms with Gasteiger partial charge >= 0.3 is 5.97 Å². The lowest BCUT2D eigenvalue weighted by atomic mass is 10.1. The summed E-state index contributed by atoms with van der Waals surface area (Å²) < 4.78 is 0. The normalized spacial score (nSPS) is 10.6. The second kappa shape index (κ2) is 3.18. The number of benzene rings is 1. The number of rotatable bonds is 2. The van der Waals surface area contributed by atoms with E-state index in [2.05, 4.69) is 11.9 Å². The first-order chi connectivity index (χ1) is 6.74. The third-order valence-corrected chi connectivity index (χ3v) is 2.41. The van der Waals surface area contributed by atoms with Crippen LogP contribution < -0.4 is 0 Å². The summed E-state index contributed by atoms with van der Waals surface area (Å²) in [6, 6.07) is 5.33. The number of carboxylic acids is 1. The highest BCUT2D eigenvalue weighted by atomic mass is 16.4. The molecule has 1 heterocycles. The third kappa shape index (κ3) is 1.18. The minimum Gasteiger partial charge on any atom is -0.478 e. The number of aromatic carboxylic acids is 1. The molecule has 3 heteroatoms. The number of carbonyl (C=O) groups is 1. The van der Waals surface area contributed by atoms with Gasteiger partial charge < -0.3 is 10.1 Å². The van der Waals surface area contributed by atoms with E-state index in [1.165, 1.54) is 0 Å². The Bertz CT molecular complexity index is 485. The minimum atomic E-state index is -0.889. The lowest BCUT2D eigenvalue weighted by Crippen LogP contribution is -1.96. The largest absolute Gasteiger partial charge is 0.478 e. The van der Waals surface area contributed by atoms with E-state index in [0.29, 0.717) is 5.56 Å². The van der Waals surface area contributed by atoms with Crippen LogP contribution >= 0.6 is 0 Å². The fourth-order valence-corrected chi connectivity index (χ4v) is 1.68. The molecule has 0 spiro atoms. The van der Waals surface area contributed by atoms with Gasteiger partial charge in [0.05, 0.1) is 11.1 Å². The molecule has 0 atom stereocenters. The molecule has 1 aromatic carbocycles. The number of hydrogen-bond donors (Lipinski definition) is 2. The summed E-state index contributed by atoms with van der Waals surface area (Å²) in [5, 5.41) is 9.95. The number of nitrogens with one attached hydrogen (secondary N) is 1. The maximum atomic E-state index is 10.9. The van der Waals surface area contributed by atoms with Gasteiger partial charge in [0, 0.05) is 11.6 Å². The Hall–Kier alpha value is -1.77. The Kier molecular flexibility index (Phi) is 2.00. The molecule has 0 amide bonds. The van der Waals surface area contributed by atoms with Crippen molar-refractivity contribution in [3.05, 3.63) is 35.5 Å². The quantitative estimate of drug-likeness (QED) is 0.762. The number of aromatic nitrogens is 1. The zero-order chi connectivity index (χ0) is 10.1. The van der Waals surface area contributed by atoms with Crippen LogP contribution in [0.5, 0.6) is 0 Å². The smallest absolute Gasteiger partial charge is 0.337 e. The Morgan fingerprint density at radius 3 is 2.93 bits per heavy atom. The standard InChI is InChI=1S/C11H11NO2/c1-2-7-6-12-10-8(7)4-3-5-9(10)11(13)14/h3-6,12H,2H2,1H3,(H,13,14). The molecule has 2 rings (SSSR count). The van der Waals surface area contributed by atoms with Gasteiger partial charge in [-0.2, -0.15) is 0 Å². The fourth-order valence-electron chi connectivity index (χ4n) is 1.68. The zero-order valence-corrected chi connectivity index (χ0v) is 7.87. The van der Waals surface area contributed by atoms with Gasteiger partial charge in [-0.15, -0.1) is 0 Å². The molecule has 0 unspecified atom stereocenters. The summed E-state index contributed by atoms with van der Waals surface area (Å²) in [4.78, 5) is 13.9. The van der Waals surface area contributed by atoms with Crippen molar-refractivity contribution >= 4 is 16.9 Å². The molecule has 0 saturated carbocycles. The van der Waals surface area contributed by atoms with Crippen LogP contribution in [0.2, 0.25) is 0 Å². The Balaban J connectivity index is 2.76. The number of hydrogen-bond acceptors (Lipinski definition) is 1. The molecule has 0 aliphatic carbocycles. The number of para-hydroxylation sites is 1. The lowest BCUT2D eigenvalue weighted by Gasteiger charge is -1.97. The molecular weight excluding hydrogens is 178 g/mol. The van der Waals surface area contributed by atoms with Crippen molar-refractivity contribution in [2.75, 3.05) is 0 Å². The predicted molar refractivity (Wildman–Crippen MR) is 54.6 cm³/mol. The van der Waals surface area contributed by atoms with E-state index in [0.717, 1.165) is 22.9 Å². The molecule has 0 fully saturated rings. The van der Waals surface area contributed by atoms with Gasteiger partial charge in [0.15, 0.2) is 0 Å². The van der Waals surface area contributed by atoms with Gasteiger partial charge in [-0.25, -0.2) is 4.79 Å². The zero-order valence-electron chi connectivity index (χ0n) is 7.87. The highest BCUT2D eigenvalue weighted by Crippen LogP contribution is 2.21. The van der Waals surface area contributed by atoms with Gasteiger partial charge in [-0.1, -0.05) is 19.1 Å². The maximum Gasteiger partial charge on any atom is 0.337 e. The average molecular weight is 189 g/mol. The van der Waals surface area contributed by atoms with Crippen LogP contribution in [0.15, 0.2) is 24.4 Å². The second-order valence-corrected chi connectivity index (χ2v) is 3.20. The maximum absolute atomic E-state index is 10.9. The summed E-state index contributed by atoms with van der Waals surface area (Å²) in [7, 11) is 0. The van der Waals surface area contributed by atoms with Crippen LogP contribution in [0.25, 0.3) is 10.9 Å². The molecule has 0 saturated heterocycles. The molecule has 2 aromatic rings. The number of aromatic amines is 1. The van der Waals surface area contributed by atoms with E-state index >= 15 is 0 Å². The summed E-state index contributed by atoms with van der Waals surface area (Å²) >= 11 is 0. The number of fused-ring (bicyclic) bond motifs is 1. The minimum absolute atomic E-state index is 0.335. The highest BCUT2D eigenvalue weighted by molar-refractivity contribution is 6.02. The van der Waals surface area contributed by atoms with Crippen LogP contribution in [0.4, 0.5) is 0 Å². The second-order valence-electron chi connectivity index (χ2n) is 3.20. The van der Waals surface area contributed by atoms with Crippen molar-refractivity contribution < 1.29 is 9.90 Å². The summed E-state index contributed by atoms with van der Waals surface area (Å²) in [6.45, 7) is 2.05. The Labute approximate surface area is 81.4 Å². The first-order valence-corrected chi connectivity index (χ1v) is 4.56. The van der Waals surface area contributed by atoms with E-state index < -0.39 is 5.97 Å². The van der Waals surface area contributed by atoms with Crippen molar-refractivity contribution in [2.24, 2.45) is 0 Å². The van der Waals surface area contributed by atoms with Gasteiger partial charge in [0.1, 0.15) is 0 Å². The van der Waals surface area contributed by atoms with Crippen molar-refractivity contribution in [1.29, 1.82) is 0 Å². The molecule has 3 nitrogen and oxygen atoms in total. The molecule has 14 heavy (non-hydrogen) atoms. The number of H-pyrrole nitrogens is 1. The van der Waals surface area contributed by atoms with E-state index in [9.17, 15) is 4.79 Å². The van der Waals surface area contributed by atoms with Crippen LogP contribution in [0.1, 0.15) is 22.8 Å². The average Bonchev–Trinajstić information content (AvgIpc) is 2.59. The van der Waals surface area contributed by atoms with Gasteiger partial charge in [0.25, 0.3) is 0 Å². The molecule has 2 N–H and O–H groups in total. The summed E-state index contributed by atoms with van der Waals surface area (Å²) in [5.74, 6) is -0.889. The number of aryl methyl sites for hydroxylation is 1. The van der Waals surface area contributed by atoms with Gasteiger partial charge in [-0.3, -0.25) is 0 Å². The summed E-state index contributed by atoms with van der Waals surface area (Å²) in [6.07, 6.45) is 2.78. The molecular formula is C11H11NO2. The van der Waals surface area contributed by atoms with Gasteiger partial charge in [0.2, 0.25) is 0 Å². The Morgan fingerprint density at radius 1 is 1.50 bits per heavy atom. The Morgan fingerprint density at radius 2 is 2.29 bits per heavy atom. The van der Waals surface area contributed by atoms with Gasteiger partial charge in [-0.05, 0) is 18.1 Å². The molecule has 1 aromatic heterocycles. The van der Waals surface area contributed by atoms with Crippen LogP contribution in [-0.4, -0.2) is 16.1 Å². The monoisotopic (exact) mass is 189 g/mol. The van der Waals surface area contributed by atoms with E-state index in [4.69, 9.17) is 5.11 Å². The molecule has 0 aliphatic rings. The van der Waals surface area contributed by atoms with Crippen molar-refractivity contribution in [3.63, 3.8) is 0 Å². The first-order valence-electron chi connectivity index (χ1n) is 4.56. The van der Waals surface area contributed by atoms with E-state index in [1.54, 1.807) is 12.1 Å². The molecule has 0 aliphatic heterocycles. The highest BCUT2D eigenvalue weighted by Gasteiger charge is 2.10. The first kappa shape index (κ1) is 8.81. The van der Waals surface area contributed by atoms with Crippen molar-refractivity contribution in [2.45, 2.75) is 13.3 Å². The fraction of sp³-hybridized carbons (Fsp3) is 0.182. The molecule has 0 bridgehead atoms. The van der Waals surface area contributed by atoms with Crippen LogP contribution in [-0.2, 0) is 6.42 Å². The van der Waals surface area contributed by atoms with Crippen LogP contribution in [0.3, 0.4) is 0 Å². The lowest BCUT2D eigenvalue weighted by molar-refractivity contribution is 0.0699. The van der Waals surface area contributed by atoms with Crippen LogP contribution in [0, 0.1) is 0 Å². The molecule has 0 radical (unpaired) electrons. The van der Waals surface area contributed by atoms with E-state index in [-0.39, 0.29) is 0 Å². The van der Waals surface area contributed by atoms with E-state index in [1.807, 2.05) is 12.3 Å². The molecule has 72 valence electrons. The van der Waals surface area contributed by atoms with Crippen molar-refractivity contribution in [1.82, 2.24) is 4.98 Å². The number of carboxylic acid groups (broad SMARTS) is 1. The third-order valence-electron chi connectivity index (χ3n) is 2.41. The van der Waals surface area contributed by atoms with Crippen molar-refractivity contribution in [3.8, 4) is 0 Å². The SMILES string of the molecule is CCc1c[nH]c2c(C(=O)O)cccc12. The topological polar surface area (TPSA) is 53.1 Å².